The van der Waals surface area contributed by atoms with E-state index in [-0.39, 0.29) is 33.3 Å². The van der Waals surface area contributed by atoms with Crippen LogP contribution in [0.15, 0.2) is 12.1 Å². The van der Waals surface area contributed by atoms with Crippen LogP contribution in [0.5, 0.6) is 0 Å². The van der Waals surface area contributed by atoms with Gasteiger partial charge < -0.3 is 5.32 Å². The third kappa shape index (κ3) is 6.29. The van der Waals surface area contributed by atoms with E-state index in [9.17, 15) is 13.6 Å². The van der Waals surface area contributed by atoms with Gasteiger partial charge in [0.25, 0.3) is 0 Å². The molecule has 1 aromatic carbocycles. The van der Waals surface area contributed by atoms with Gasteiger partial charge in [0, 0.05) is 27.1 Å². The molecule has 5 heteroatoms. The number of carbonyl (C=O) groups is 1. The van der Waals surface area contributed by atoms with Gasteiger partial charge in [-0.2, -0.15) is 0 Å². The minimum atomic E-state index is -0.864. The Morgan fingerprint density at radius 1 is 1.25 bits per heavy atom. The summed E-state index contributed by atoms with van der Waals surface area (Å²) in [6, 6.07) is 4.26. The summed E-state index contributed by atoms with van der Waals surface area (Å²) in [6.07, 6.45) is 9.56. The molecule has 0 atom stereocenters. The van der Waals surface area contributed by atoms with Gasteiger partial charge in [0.2, 0.25) is 5.91 Å². The Hall–Kier alpha value is -0.736. The predicted octanol–water partition coefficient (Wildman–Crippen LogP) is 5.48. The van der Waals surface area contributed by atoms with Crippen molar-refractivity contribution in [3.63, 3.8) is 0 Å². The van der Waals surface area contributed by atoms with Crippen molar-refractivity contribution in [2.45, 2.75) is 65.2 Å². The monoisotopic (exact) mass is 370 g/mol. The standard InChI is InChI=1S/C19H26F2NO.Ti/c1-19(2,12-6-9-14-7-4-3-5-8-14)18(23)22-17-11-10-15(20)13-16(17)21;/h10-11,14H,3-9,12H2,1-2H3,(H,22,23);. The van der Waals surface area contributed by atoms with E-state index in [1.165, 1.54) is 38.2 Å². The maximum Gasteiger partial charge on any atom is 0.230 e. The molecule has 1 aliphatic carbocycles. The SMILES string of the molecule is CC(C)(CCCC1CCCCC1)C(=O)Nc1ccc(F)[c]c1F.[Ti]. The van der Waals surface area contributed by atoms with Crippen LogP contribution in [-0.4, -0.2) is 5.91 Å². The molecule has 1 aliphatic rings. The molecular weight excluding hydrogens is 344 g/mol. The normalized spacial score (nSPS) is 15.7. The smallest absolute Gasteiger partial charge is 0.230 e. The van der Waals surface area contributed by atoms with Crippen molar-refractivity contribution in [3.05, 3.63) is 29.8 Å². The third-order valence-electron chi connectivity index (χ3n) is 4.86. The van der Waals surface area contributed by atoms with Crippen LogP contribution in [0, 0.1) is 29.0 Å². The van der Waals surface area contributed by atoms with E-state index in [0.29, 0.717) is 0 Å². The minimum Gasteiger partial charge on any atom is -0.323 e. The van der Waals surface area contributed by atoms with Crippen molar-refractivity contribution in [3.8, 4) is 0 Å². The second-order valence-electron chi connectivity index (χ2n) is 7.27. The van der Waals surface area contributed by atoms with Gasteiger partial charge in [-0.3, -0.25) is 4.79 Å². The Balaban J connectivity index is 0.00000288. The van der Waals surface area contributed by atoms with Crippen LogP contribution in [0.2, 0.25) is 0 Å². The van der Waals surface area contributed by atoms with Crippen LogP contribution < -0.4 is 5.32 Å². The van der Waals surface area contributed by atoms with E-state index < -0.39 is 17.0 Å². The molecule has 2 rings (SSSR count). The number of hydrogen-bond donors (Lipinski definition) is 1. The summed E-state index contributed by atoms with van der Waals surface area (Å²) in [5, 5.41) is 2.55. The zero-order chi connectivity index (χ0) is 16.9. The van der Waals surface area contributed by atoms with Crippen LogP contribution >= 0.6 is 0 Å². The summed E-state index contributed by atoms with van der Waals surface area (Å²) in [5.74, 6) is -1.07. The van der Waals surface area contributed by atoms with E-state index in [1.54, 1.807) is 0 Å². The summed E-state index contributed by atoms with van der Waals surface area (Å²) < 4.78 is 26.4. The van der Waals surface area contributed by atoms with Crippen LogP contribution in [0.25, 0.3) is 0 Å². The Labute approximate surface area is 158 Å². The van der Waals surface area contributed by atoms with E-state index in [2.05, 4.69) is 5.32 Å². The summed E-state index contributed by atoms with van der Waals surface area (Å²) in [5.41, 5.74) is -0.591. The van der Waals surface area contributed by atoms with Crippen LogP contribution in [-0.2, 0) is 26.5 Å². The Kier molecular flexibility index (Phi) is 8.59. The first-order valence-corrected chi connectivity index (χ1v) is 8.57. The molecule has 1 fully saturated rings. The fourth-order valence-electron chi connectivity index (χ4n) is 3.25. The number of amides is 1. The van der Waals surface area contributed by atoms with E-state index in [1.807, 2.05) is 19.9 Å². The number of rotatable bonds is 6. The van der Waals surface area contributed by atoms with Crippen molar-refractivity contribution in [1.82, 2.24) is 0 Å². The summed E-state index contributed by atoms with van der Waals surface area (Å²) in [4.78, 5) is 12.4. The zero-order valence-corrected chi connectivity index (χ0v) is 16.1. The first-order chi connectivity index (χ1) is 10.9. The number of hydrogen-bond acceptors (Lipinski definition) is 1. The largest absolute Gasteiger partial charge is 0.323 e. The number of anilines is 1. The molecule has 0 saturated heterocycles. The zero-order valence-electron chi connectivity index (χ0n) is 14.6. The minimum absolute atomic E-state index is 0. The molecule has 0 unspecified atom stereocenters. The number of carbonyl (C=O) groups excluding carboxylic acids is 1. The second kappa shape index (κ2) is 9.67. The molecule has 1 saturated carbocycles. The molecule has 0 bridgehead atoms. The Morgan fingerprint density at radius 3 is 2.54 bits per heavy atom. The van der Waals surface area contributed by atoms with Gasteiger partial charge in [-0.1, -0.05) is 58.8 Å². The molecule has 24 heavy (non-hydrogen) atoms. The summed E-state index contributed by atoms with van der Waals surface area (Å²) in [6.45, 7) is 3.74. The molecule has 0 spiro atoms. The van der Waals surface area contributed by atoms with Gasteiger partial charge in [0.1, 0.15) is 5.82 Å². The van der Waals surface area contributed by atoms with Crippen molar-refractivity contribution in [2.24, 2.45) is 11.3 Å². The molecule has 2 nitrogen and oxygen atoms in total. The fourth-order valence-corrected chi connectivity index (χ4v) is 3.25. The van der Waals surface area contributed by atoms with Gasteiger partial charge in [0.05, 0.1) is 11.8 Å². The quantitative estimate of drug-likeness (QED) is 0.661. The molecule has 1 aromatic rings. The Bertz CT molecular complexity index is 542. The van der Waals surface area contributed by atoms with Gasteiger partial charge in [0.15, 0.2) is 5.82 Å². The second-order valence-corrected chi connectivity index (χ2v) is 7.27. The first-order valence-electron chi connectivity index (χ1n) is 8.57. The van der Waals surface area contributed by atoms with Crippen molar-refractivity contribution in [1.29, 1.82) is 0 Å². The van der Waals surface area contributed by atoms with E-state index in [0.717, 1.165) is 31.2 Å². The van der Waals surface area contributed by atoms with Gasteiger partial charge >= 0.3 is 0 Å². The first kappa shape index (κ1) is 21.3. The van der Waals surface area contributed by atoms with Gasteiger partial charge in [-0.15, -0.1) is 0 Å². The molecule has 131 valence electrons. The van der Waals surface area contributed by atoms with Crippen molar-refractivity contribution < 1.29 is 35.3 Å². The molecule has 1 amide bonds. The molecule has 0 heterocycles. The third-order valence-corrected chi connectivity index (χ3v) is 4.86. The predicted molar refractivity (Wildman–Crippen MR) is 88.0 cm³/mol. The topological polar surface area (TPSA) is 29.1 Å². The Morgan fingerprint density at radius 2 is 1.92 bits per heavy atom. The molecule has 0 aliphatic heterocycles. The number of benzene rings is 1. The average Bonchev–Trinajstić information content (AvgIpc) is 2.51. The molecular formula is C19H26F2NOTi. The van der Waals surface area contributed by atoms with Crippen LogP contribution in [0.3, 0.4) is 0 Å². The summed E-state index contributed by atoms with van der Waals surface area (Å²) in [7, 11) is 0. The van der Waals surface area contributed by atoms with Crippen LogP contribution in [0.4, 0.5) is 14.5 Å². The van der Waals surface area contributed by atoms with Gasteiger partial charge in [-0.05, 0) is 24.5 Å². The summed E-state index contributed by atoms with van der Waals surface area (Å²) >= 11 is 0. The van der Waals surface area contributed by atoms with Gasteiger partial charge in [-0.25, -0.2) is 8.78 Å². The number of nitrogens with one attached hydrogen (secondary N) is 1. The average molecular weight is 370 g/mol. The van der Waals surface area contributed by atoms with Crippen molar-refractivity contribution in [2.75, 3.05) is 5.32 Å². The van der Waals surface area contributed by atoms with Crippen LogP contribution in [0.1, 0.15) is 65.2 Å². The van der Waals surface area contributed by atoms with E-state index >= 15 is 0 Å². The van der Waals surface area contributed by atoms with Crippen molar-refractivity contribution >= 4 is 11.6 Å². The fraction of sp³-hybridized carbons (Fsp3) is 0.632. The maximum absolute atomic E-state index is 13.6. The maximum atomic E-state index is 13.6. The molecule has 1 N–H and O–H groups in total. The van der Waals surface area contributed by atoms with E-state index in [4.69, 9.17) is 0 Å². The number of halogens is 2. The molecule has 1 radical (unpaired) electrons. The molecule has 0 aromatic heterocycles.